The molecule has 0 aliphatic carbocycles. The van der Waals surface area contributed by atoms with Crippen LogP contribution in [0.4, 0.5) is 0 Å². The monoisotopic (exact) mass is 327 g/mol. The number of quaternary nitrogens is 1. The molecule has 0 spiro atoms. The van der Waals surface area contributed by atoms with Gasteiger partial charge in [0.05, 0.1) is 20.6 Å². The fourth-order valence-electron chi connectivity index (χ4n) is 2.66. The second-order valence-electron chi connectivity index (χ2n) is 5.63. The Morgan fingerprint density at radius 2 is 1.74 bits per heavy atom. The van der Waals surface area contributed by atoms with E-state index in [-0.39, 0.29) is 28.8 Å². The third-order valence-corrected chi connectivity index (χ3v) is 3.54. The average Bonchev–Trinajstić information content (AvgIpc) is 2.29. The summed E-state index contributed by atoms with van der Waals surface area (Å²) in [5.74, 6) is 0.252. The molecule has 0 fully saturated rings. The molecule has 0 saturated heterocycles. The number of nitrogens with zero attached hydrogens (tertiary/aromatic N) is 1. The van der Waals surface area contributed by atoms with E-state index in [9.17, 15) is 4.79 Å². The number of unbranched alkanes of at least 4 members (excludes halogenated alkanes) is 2. The quantitative estimate of drug-likeness (QED) is 0.529. The van der Waals surface area contributed by atoms with E-state index < -0.39 is 0 Å². The summed E-state index contributed by atoms with van der Waals surface area (Å²) in [6.45, 7) is 4.96. The summed E-state index contributed by atoms with van der Waals surface area (Å²) in [5.41, 5.74) is 1.13. The minimum Gasteiger partial charge on any atom is -1.00 e. The van der Waals surface area contributed by atoms with Gasteiger partial charge in [0.15, 0.2) is 11.8 Å². The lowest BCUT2D eigenvalue weighted by molar-refractivity contribution is -0.911. The van der Waals surface area contributed by atoms with Gasteiger partial charge in [-0.25, -0.2) is 0 Å². The average molecular weight is 328 g/mol. The molecule has 19 heavy (non-hydrogen) atoms. The van der Waals surface area contributed by atoms with Gasteiger partial charge in [0, 0.05) is 12.5 Å². The molecule has 0 amide bonds. The van der Waals surface area contributed by atoms with Crippen LogP contribution in [-0.4, -0.2) is 30.9 Å². The van der Waals surface area contributed by atoms with Crippen LogP contribution in [0.3, 0.4) is 0 Å². The van der Waals surface area contributed by atoms with E-state index >= 15 is 0 Å². The largest absolute Gasteiger partial charge is 1.00 e. The van der Waals surface area contributed by atoms with Crippen LogP contribution in [0.25, 0.3) is 0 Å². The van der Waals surface area contributed by atoms with Crippen molar-refractivity contribution in [2.24, 2.45) is 0 Å². The zero-order valence-electron chi connectivity index (χ0n) is 12.5. The first-order chi connectivity index (χ1) is 8.49. The van der Waals surface area contributed by atoms with Gasteiger partial charge >= 0.3 is 0 Å². The third kappa shape index (κ3) is 5.45. The number of hydrogen-bond donors (Lipinski definition) is 0. The number of ketones is 1. The summed E-state index contributed by atoms with van der Waals surface area (Å²) in [5, 5.41) is 0. The van der Waals surface area contributed by atoms with Crippen molar-refractivity contribution < 1.29 is 26.3 Å². The molecule has 1 aromatic rings. The zero-order chi connectivity index (χ0) is 13.6. The first kappa shape index (κ1) is 18.3. The van der Waals surface area contributed by atoms with Gasteiger partial charge in [0.1, 0.15) is 0 Å². The minimum atomic E-state index is -0.0388. The number of rotatable bonds is 7. The van der Waals surface area contributed by atoms with Crippen molar-refractivity contribution in [3.8, 4) is 0 Å². The van der Waals surface area contributed by atoms with Crippen molar-refractivity contribution in [1.29, 1.82) is 0 Å². The summed E-state index contributed by atoms with van der Waals surface area (Å²) < 4.78 is 0.749. The molecule has 108 valence electrons. The molecule has 0 aliphatic heterocycles. The lowest BCUT2D eigenvalue weighted by atomic mass is 9.99. The summed E-state index contributed by atoms with van der Waals surface area (Å²) in [7, 11) is 4.32. The van der Waals surface area contributed by atoms with E-state index in [1.807, 2.05) is 18.2 Å². The molecule has 1 unspecified atom stereocenters. The highest BCUT2D eigenvalue weighted by Crippen LogP contribution is 2.26. The Hall–Kier alpha value is -0.670. The summed E-state index contributed by atoms with van der Waals surface area (Å²) in [6.07, 6.45) is 3.64. The number of benzene rings is 1. The summed E-state index contributed by atoms with van der Waals surface area (Å²) in [6, 6.07) is 10.1. The van der Waals surface area contributed by atoms with Crippen molar-refractivity contribution in [3.05, 3.63) is 35.9 Å². The highest BCUT2D eigenvalue weighted by Gasteiger charge is 2.33. The Morgan fingerprint density at radius 1 is 1.16 bits per heavy atom. The number of halogens is 1. The fraction of sp³-hybridized carbons (Fsp3) is 0.562. The Kier molecular flexibility index (Phi) is 8.19. The number of carbonyl (C=O) groups excluding carboxylic acids is 1. The minimum absolute atomic E-state index is 0. The Labute approximate surface area is 128 Å². The molecule has 0 aromatic heterocycles. The van der Waals surface area contributed by atoms with Gasteiger partial charge < -0.3 is 21.5 Å². The van der Waals surface area contributed by atoms with Crippen LogP contribution in [0, 0.1) is 0 Å². The van der Waals surface area contributed by atoms with Crippen molar-refractivity contribution >= 4 is 5.78 Å². The first-order valence-corrected chi connectivity index (χ1v) is 6.87. The van der Waals surface area contributed by atoms with E-state index in [1.54, 1.807) is 6.92 Å². The molecule has 0 bridgehead atoms. The molecule has 0 radical (unpaired) electrons. The molecule has 1 rings (SSSR count). The van der Waals surface area contributed by atoms with E-state index in [0.29, 0.717) is 0 Å². The molecule has 3 heteroatoms. The van der Waals surface area contributed by atoms with Gasteiger partial charge in [0.25, 0.3) is 0 Å². The second-order valence-corrected chi connectivity index (χ2v) is 5.63. The SMILES string of the molecule is CCCCC[N+](C)(C)C(C(C)=O)c1ccccc1.[Br-]. The van der Waals surface area contributed by atoms with E-state index in [4.69, 9.17) is 0 Å². The van der Waals surface area contributed by atoms with Gasteiger partial charge in [-0.05, 0) is 12.8 Å². The number of Topliss-reactive ketones (excluding diaryl/α,β-unsaturated/α-hetero) is 1. The van der Waals surface area contributed by atoms with Crippen LogP contribution in [0.1, 0.15) is 44.7 Å². The molecule has 0 aliphatic rings. The molecule has 2 nitrogen and oxygen atoms in total. The van der Waals surface area contributed by atoms with Gasteiger partial charge in [-0.1, -0.05) is 43.7 Å². The predicted octanol–water partition coefficient (Wildman–Crippen LogP) is 0.587. The lowest BCUT2D eigenvalue weighted by Crippen LogP contribution is -3.00. The van der Waals surface area contributed by atoms with Crippen molar-refractivity contribution in [2.45, 2.75) is 39.2 Å². The Morgan fingerprint density at radius 3 is 2.21 bits per heavy atom. The molecule has 1 aromatic carbocycles. The maximum Gasteiger partial charge on any atom is 0.191 e. The van der Waals surface area contributed by atoms with Gasteiger partial charge in [-0.15, -0.1) is 0 Å². The molecule has 1 atom stereocenters. The standard InChI is InChI=1S/C16H26NO.BrH/c1-5-6-10-13-17(3,4)16(14(2)18)15-11-8-7-9-12-15;/h7-9,11-12,16H,5-6,10,13H2,1-4H3;1H/q+1;/p-1. The topological polar surface area (TPSA) is 17.1 Å². The second kappa shape index (κ2) is 8.49. The first-order valence-electron chi connectivity index (χ1n) is 6.87. The van der Waals surface area contributed by atoms with Crippen LogP contribution < -0.4 is 17.0 Å². The predicted molar refractivity (Wildman–Crippen MR) is 76.4 cm³/mol. The summed E-state index contributed by atoms with van der Waals surface area (Å²) >= 11 is 0. The summed E-state index contributed by atoms with van der Waals surface area (Å²) in [4.78, 5) is 12.0. The Bertz CT molecular complexity index is 376. The maximum atomic E-state index is 12.0. The molecular formula is C16H26BrNO. The van der Waals surface area contributed by atoms with Gasteiger partial charge in [0.2, 0.25) is 0 Å². The van der Waals surface area contributed by atoms with Crippen LogP contribution >= 0.6 is 0 Å². The zero-order valence-corrected chi connectivity index (χ0v) is 14.1. The Balaban J connectivity index is 0.00000324. The molecule has 0 heterocycles. The maximum absolute atomic E-state index is 12.0. The van der Waals surface area contributed by atoms with Crippen molar-refractivity contribution in [1.82, 2.24) is 0 Å². The molecular weight excluding hydrogens is 302 g/mol. The third-order valence-electron chi connectivity index (χ3n) is 3.54. The number of carbonyl (C=O) groups is 1. The van der Waals surface area contributed by atoms with Crippen LogP contribution in [0.2, 0.25) is 0 Å². The molecule has 0 N–H and O–H groups in total. The van der Waals surface area contributed by atoms with E-state index in [2.05, 4.69) is 33.2 Å². The van der Waals surface area contributed by atoms with Crippen LogP contribution in [0.15, 0.2) is 30.3 Å². The van der Waals surface area contributed by atoms with E-state index in [1.165, 1.54) is 19.3 Å². The highest BCUT2D eigenvalue weighted by atomic mass is 79.9. The van der Waals surface area contributed by atoms with Crippen LogP contribution in [0.5, 0.6) is 0 Å². The lowest BCUT2D eigenvalue weighted by Gasteiger charge is -2.37. The van der Waals surface area contributed by atoms with Crippen molar-refractivity contribution in [2.75, 3.05) is 20.6 Å². The van der Waals surface area contributed by atoms with Gasteiger partial charge in [-0.3, -0.25) is 4.79 Å². The number of hydrogen-bond acceptors (Lipinski definition) is 1. The van der Waals surface area contributed by atoms with Gasteiger partial charge in [-0.2, -0.15) is 0 Å². The fourth-order valence-corrected chi connectivity index (χ4v) is 2.66. The number of likely N-dealkylation sites (N-methyl/N-ethyl adjacent to an activating group) is 1. The van der Waals surface area contributed by atoms with Crippen molar-refractivity contribution in [3.63, 3.8) is 0 Å². The normalized spacial score (nSPS) is 12.6. The van der Waals surface area contributed by atoms with Crippen LogP contribution in [-0.2, 0) is 4.79 Å². The van der Waals surface area contributed by atoms with E-state index in [0.717, 1.165) is 16.6 Å². The smallest absolute Gasteiger partial charge is 0.191 e. The highest BCUT2D eigenvalue weighted by molar-refractivity contribution is 5.81. The molecule has 0 saturated carbocycles.